The molecule has 0 amide bonds. The molecule has 1 nitrogen and oxygen atoms in total. The van der Waals surface area contributed by atoms with Gasteiger partial charge < -0.3 is 4.74 Å². The summed E-state index contributed by atoms with van der Waals surface area (Å²) in [6.07, 6.45) is 6.76. The summed E-state index contributed by atoms with van der Waals surface area (Å²) in [5.74, 6) is 3.15. The molecule has 1 aliphatic heterocycles. The largest absolute Gasteiger partial charge is 0.373 e. The number of fused-ring (bicyclic) bond motifs is 2. The third-order valence-electron chi connectivity index (χ3n) is 3.63. The van der Waals surface area contributed by atoms with E-state index in [1.54, 1.807) is 0 Å². The Morgan fingerprint density at radius 1 is 1.10 bits per heavy atom. The summed E-state index contributed by atoms with van der Waals surface area (Å²) in [5, 5.41) is 0. The molecule has 10 heavy (non-hydrogen) atoms. The molecule has 1 saturated heterocycles. The Morgan fingerprint density at radius 2 is 2.00 bits per heavy atom. The van der Waals surface area contributed by atoms with Crippen molar-refractivity contribution in [2.45, 2.75) is 31.8 Å². The highest BCUT2D eigenvalue weighted by Crippen LogP contribution is 2.51. The van der Waals surface area contributed by atoms with E-state index in [0.717, 1.165) is 24.4 Å². The van der Waals surface area contributed by atoms with E-state index in [1.807, 2.05) is 0 Å². The van der Waals surface area contributed by atoms with Crippen molar-refractivity contribution in [1.29, 1.82) is 0 Å². The Morgan fingerprint density at radius 3 is 2.50 bits per heavy atom. The lowest BCUT2D eigenvalue weighted by Crippen LogP contribution is -2.15. The first-order chi connectivity index (χ1) is 4.93. The summed E-state index contributed by atoms with van der Waals surface area (Å²) in [4.78, 5) is 0. The second-order valence-electron chi connectivity index (χ2n) is 4.21. The fraction of sp³-hybridized carbons (Fsp3) is 1.00. The predicted molar refractivity (Wildman–Crippen MR) is 38.7 cm³/mol. The number of ether oxygens (including phenoxy) is 1. The third-order valence-corrected chi connectivity index (χ3v) is 3.63. The molecule has 0 spiro atoms. The number of epoxide rings is 1. The van der Waals surface area contributed by atoms with Crippen LogP contribution in [0.3, 0.4) is 0 Å². The van der Waals surface area contributed by atoms with Gasteiger partial charge in [-0.1, -0.05) is 6.42 Å². The van der Waals surface area contributed by atoms with Crippen LogP contribution in [0.4, 0.5) is 0 Å². The van der Waals surface area contributed by atoms with Crippen LogP contribution in [0.15, 0.2) is 0 Å². The molecule has 3 aliphatic rings. The lowest BCUT2D eigenvalue weighted by atomic mass is 9.87. The highest BCUT2D eigenvalue weighted by atomic mass is 16.6. The molecule has 0 N–H and O–H groups in total. The SMILES string of the molecule is C1C[C@@H]2C[C@@H]1C[C@@H]2[C@@H]1CO1. The molecule has 0 aromatic rings. The quantitative estimate of drug-likeness (QED) is 0.503. The Kier molecular flexibility index (Phi) is 0.984. The van der Waals surface area contributed by atoms with Gasteiger partial charge >= 0.3 is 0 Å². The van der Waals surface area contributed by atoms with E-state index in [4.69, 9.17) is 4.74 Å². The van der Waals surface area contributed by atoms with Crippen LogP contribution in [0.2, 0.25) is 0 Å². The van der Waals surface area contributed by atoms with Crippen molar-refractivity contribution in [2.75, 3.05) is 6.61 Å². The summed E-state index contributed by atoms with van der Waals surface area (Å²) in [7, 11) is 0. The standard InChI is InChI=1S/C9H14O/c1-2-7-3-6(1)4-8(7)9-5-10-9/h6-9H,1-5H2/t6-,7-,8+,9+/m1/s1. The summed E-state index contributed by atoms with van der Waals surface area (Å²) in [6, 6.07) is 0. The van der Waals surface area contributed by atoms with Crippen molar-refractivity contribution >= 4 is 0 Å². The Balaban J connectivity index is 1.77. The second kappa shape index (κ2) is 1.76. The molecule has 0 unspecified atom stereocenters. The van der Waals surface area contributed by atoms with E-state index in [9.17, 15) is 0 Å². The smallest absolute Gasteiger partial charge is 0.0840 e. The summed E-state index contributed by atoms with van der Waals surface area (Å²) >= 11 is 0. The Hall–Kier alpha value is -0.0400. The number of rotatable bonds is 1. The maximum Gasteiger partial charge on any atom is 0.0840 e. The maximum absolute atomic E-state index is 5.35. The molecule has 2 aliphatic carbocycles. The van der Waals surface area contributed by atoms with Gasteiger partial charge in [0.1, 0.15) is 0 Å². The molecular weight excluding hydrogens is 124 g/mol. The van der Waals surface area contributed by atoms with Crippen molar-refractivity contribution in [1.82, 2.24) is 0 Å². The monoisotopic (exact) mass is 138 g/mol. The van der Waals surface area contributed by atoms with Crippen molar-refractivity contribution < 1.29 is 4.74 Å². The van der Waals surface area contributed by atoms with Gasteiger partial charge in [0.2, 0.25) is 0 Å². The minimum Gasteiger partial charge on any atom is -0.373 e. The van der Waals surface area contributed by atoms with Gasteiger partial charge in [0.25, 0.3) is 0 Å². The van der Waals surface area contributed by atoms with Crippen LogP contribution in [-0.4, -0.2) is 12.7 Å². The van der Waals surface area contributed by atoms with E-state index < -0.39 is 0 Å². The molecule has 0 aromatic heterocycles. The molecule has 3 rings (SSSR count). The zero-order chi connectivity index (χ0) is 6.55. The minimum atomic E-state index is 0.704. The Bertz CT molecular complexity index is 151. The van der Waals surface area contributed by atoms with Crippen molar-refractivity contribution in [3.8, 4) is 0 Å². The molecule has 0 radical (unpaired) electrons. The van der Waals surface area contributed by atoms with E-state index in [0.29, 0.717) is 6.10 Å². The van der Waals surface area contributed by atoms with Crippen LogP contribution in [0, 0.1) is 17.8 Å². The van der Waals surface area contributed by atoms with Gasteiger partial charge in [-0.15, -0.1) is 0 Å². The van der Waals surface area contributed by atoms with Crippen molar-refractivity contribution in [2.24, 2.45) is 17.8 Å². The Labute approximate surface area is 61.8 Å². The molecule has 4 atom stereocenters. The highest BCUT2D eigenvalue weighted by Gasteiger charge is 2.47. The van der Waals surface area contributed by atoms with Gasteiger partial charge in [-0.05, 0) is 37.0 Å². The van der Waals surface area contributed by atoms with E-state index in [2.05, 4.69) is 0 Å². The minimum absolute atomic E-state index is 0.704. The molecule has 1 heterocycles. The fourth-order valence-electron chi connectivity index (χ4n) is 3.05. The van der Waals surface area contributed by atoms with Gasteiger partial charge in [-0.25, -0.2) is 0 Å². The van der Waals surface area contributed by atoms with E-state index in [1.165, 1.54) is 25.7 Å². The zero-order valence-electron chi connectivity index (χ0n) is 6.25. The summed E-state index contributed by atoms with van der Waals surface area (Å²) < 4.78 is 5.35. The molecule has 0 aromatic carbocycles. The van der Waals surface area contributed by atoms with E-state index >= 15 is 0 Å². The first kappa shape index (κ1) is 5.59. The first-order valence-electron chi connectivity index (χ1n) is 4.55. The normalized spacial score (nSPS) is 57.6. The van der Waals surface area contributed by atoms with Crippen LogP contribution in [0.1, 0.15) is 25.7 Å². The zero-order valence-corrected chi connectivity index (χ0v) is 6.25. The average molecular weight is 138 g/mol. The topological polar surface area (TPSA) is 12.5 Å². The van der Waals surface area contributed by atoms with Gasteiger partial charge in [0.05, 0.1) is 12.7 Å². The number of hydrogen-bond donors (Lipinski definition) is 0. The van der Waals surface area contributed by atoms with Gasteiger partial charge in [-0.2, -0.15) is 0 Å². The molecule has 2 saturated carbocycles. The third kappa shape index (κ3) is 0.672. The molecule has 3 fully saturated rings. The first-order valence-corrected chi connectivity index (χ1v) is 4.55. The van der Waals surface area contributed by atoms with Crippen LogP contribution < -0.4 is 0 Å². The average Bonchev–Trinajstić information content (AvgIpc) is 2.60. The van der Waals surface area contributed by atoms with Crippen LogP contribution in [-0.2, 0) is 4.74 Å². The molecule has 1 heteroatoms. The van der Waals surface area contributed by atoms with Crippen molar-refractivity contribution in [3.63, 3.8) is 0 Å². The van der Waals surface area contributed by atoms with Crippen LogP contribution in [0.25, 0.3) is 0 Å². The predicted octanol–water partition coefficient (Wildman–Crippen LogP) is 1.82. The van der Waals surface area contributed by atoms with Crippen LogP contribution in [0.5, 0.6) is 0 Å². The van der Waals surface area contributed by atoms with Gasteiger partial charge in [0, 0.05) is 0 Å². The van der Waals surface area contributed by atoms with Crippen LogP contribution >= 0.6 is 0 Å². The number of hydrogen-bond acceptors (Lipinski definition) is 1. The summed E-state index contributed by atoms with van der Waals surface area (Å²) in [5.41, 5.74) is 0. The van der Waals surface area contributed by atoms with Crippen molar-refractivity contribution in [3.05, 3.63) is 0 Å². The second-order valence-corrected chi connectivity index (χ2v) is 4.21. The van der Waals surface area contributed by atoms with Gasteiger partial charge in [-0.3, -0.25) is 0 Å². The molecule has 2 bridgehead atoms. The summed E-state index contributed by atoms with van der Waals surface area (Å²) in [6.45, 7) is 1.08. The lowest BCUT2D eigenvalue weighted by molar-refractivity contribution is 0.249. The molecule has 56 valence electrons. The van der Waals surface area contributed by atoms with E-state index in [-0.39, 0.29) is 0 Å². The molecular formula is C9H14O. The van der Waals surface area contributed by atoms with Gasteiger partial charge in [0.15, 0.2) is 0 Å². The lowest BCUT2D eigenvalue weighted by Gasteiger charge is -2.18. The fourth-order valence-corrected chi connectivity index (χ4v) is 3.05. The maximum atomic E-state index is 5.35. The highest BCUT2D eigenvalue weighted by molar-refractivity contribution is 4.96.